The molecule has 3 aromatic heterocycles. The molecule has 0 saturated heterocycles. The number of benzene rings is 10. The Hall–Kier alpha value is -8.15. The lowest BCUT2D eigenvalue weighted by molar-refractivity contribution is 0.955. The Morgan fingerprint density at radius 3 is 1.50 bits per heavy atom. The predicted octanol–water partition coefficient (Wildman–Crippen LogP) is 14.0. The molecule has 13 aromatic rings. The van der Waals surface area contributed by atoms with E-state index in [4.69, 9.17) is 15.0 Å². The van der Waals surface area contributed by atoms with Gasteiger partial charge >= 0.3 is 0 Å². The van der Waals surface area contributed by atoms with Crippen LogP contribution < -0.4 is 0 Å². The third-order valence-electron chi connectivity index (χ3n) is 12.3. The van der Waals surface area contributed by atoms with Crippen molar-refractivity contribution in [2.75, 3.05) is 0 Å². The van der Waals surface area contributed by atoms with Crippen LogP contribution in [0.2, 0.25) is 0 Å². The van der Waals surface area contributed by atoms with Crippen LogP contribution in [0.1, 0.15) is 0 Å². The molecule has 0 aliphatic carbocycles. The number of aromatic nitrogens is 5. The molecule has 5 nitrogen and oxygen atoms in total. The zero-order valence-electron chi connectivity index (χ0n) is 32.3. The number of hydrogen-bond donors (Lipinski definition) is 0. The molecular formula is C55H33N5. The molecule has 278 valence electrons. The second kappa shape index (κ2) is 12.7. The standard InChI is InChI=1S/C55H33N5/c1-2-18-38-33-50-46(32-37(38)17-1)51-48(59-47-27-10-9-24-42(47)43-31-30-36-16-5-8-23-41(36)52(43)59)28-13-29-49(51)60(50)55-57-53(44-25-11-19-34-14-3-6-21-39(34)44)56-54(58-55)45-26-12-20-35-15-4-7-22-40(35)45/h1-33H. The first-order valence-electron chi connectivity index (χ1n) is 20.4. The molecule has 0 saturated carbocycles. The molecule has 0 N–H and O–H groups in total. The summed E-state index contributed by atoms with van der Waals surface area (Å²) < 4.78 is 4.74. The van der Waals surface area contributed by atoms with Crippen molar-refractivity contribution in [1.82, 2.24) is 24.1 Å². The van der Waals surface area contributed by atoms with Gasteiger partial charge in [-0.2, -0.15) is 9.97 Å². The van der Waals surface area contributed by atoms with E-state index in [1.807, 2.05) is 0 Å². The molecule has 3 heterocycles. The number of para-hydroxylation sites is 1. The minimum atomic E-state index is 0.566. The minimum Gasteiger partial charge on any atom is -0.308 e. The summed E-state index contributed by atoms with van der Waals surface area (Å²) in [5, 5.41) is 13.9. The van der Waals surface area contributed by atoms with E-state index >= 15 is 0 Å². The van der Waals surface area contributed by atoms with Crippen molar-refractivity contribution in [2.24, 2.45) is 0 Å². The van der Waals surface area contributed by atoms with Crippen molar-refractivity contribution >= 4 is 86.7 Å². The molecule has 0 aliphatic rings. The zero-order valence-corrected chi connectivity index (χ0v) is 32.3. The highest BCUT2D eigenvalue weighted by atomic mass is 15.2. The molecule has 10 aromatic carbocycles. The van der Waals surface area contributed by atoms with Crippen molar-refractivity contribution in [2.45, 2.75) is 0 Å². The van der Waals surface area contributed by atoms with Crippen molar-refractivity contribution in [1.29, 1.82) is 0 Å². The summed E-state index contributed by atoms with van der Waals surface area (Å²) in [5.41, 5.74) is 7.43. The fourth-order valence-corrected chi connectivity index (χ4v) is 9.66. The molecule has 0 atom stereocenters. The smallest absolute Gasteiger partial charge is 0.238 e. The van der Waals surface area contributed by atoms with E-state index in [0.717, 1.165) is 71.1 Å². The van der Waals surface area contributed by atoms with E-state index in [9.17, 15) is 0 Å². The van der Waals surface area contributed by atoms with Gasteiger partial charge in [0.15, 0.2) is 11.6 Å². The van der Waals surface area contributed by atoms with Crippen LogP contribution in [0.15, 0.2) is 200 Å². The maximum Gasteiger partial charge on any atom is 0.238 e. The molecule has 60 heavy (non-hydrogen) atoms. The minimum absolute atomic E-state index is 0.566. The summed E-state index contributed by atoms with van der Waals surface area (Å²) in [5.74, 6) is 1.82. The average molecular weight is 764 g/mol. The predicted molar refractivity (Wildman–Crippen MR) is 249 cm³/mol. The second-order valence-corrected chi connectivity index (χ2v) is 15.6. The molecule has 13 rings (SSSR count). The Labute approximate surface area is 344 Å². The Bertz CT molecular complexity index is 3800. The second-order valence-electron chi connectivity index (χ2n) is 15.6. The van der Waals surface area contributed by atoms with E-state index in [0.29, 0.717) is 17.6 Å². The van der Waals surface area contributed by atoms with Gasteiger partial charge < -0.3 is 4.57 Å². The van der Waals surface area contributed by atoms with Gasteiger partial charge in [-0.1, -0.05) is 170 Å². The quantitative estimate of drug-likeness (QED) is 0.179. The Morgan fingerprint density at radius 1 is 0.300 bits per heavy atom. The highest BCUT2D eigenvalue weighted by Gasteiger charge is 2.24. The molecule has 0 unspecified atom stereocenters. The lowest BCUT2D eigenvalue weighted by Crippen LogP contribution is -2.07. The zero-order chi connectivity index (χ0) is 39.3. The highest BCUT2D eigenvalue weighted by molar-refractivity contribution is 6.22. The highest BCUT2D eigenvalue weighted by Crippen LogP contribution is 2.43. The molecule has 0 aliphatic heterocycles. The fraction of sp³-hybridized carbons (Fsp3) is 0. The molecule has 0 amide bonds. The average Bonchev–Trinajstić information content (AvgIpc) is 3.83. The third-order valence-corrected chi connectivity index (χ3v) is 12.3. The lowest BCUT2D eigenvalue weighted by Gasteiger charge is -2.14. The van der Waals surface area contributed by atoms with Crippen LogP contribution in [0, 0.1) is 0 Å². The van der Waals surface area contributed by atoms with Crippen LogP contribution in [0.3, 0.4) is 0 Å². The SMILES string of the molecule is c1ccc2cc3c(cc2c1)c1c(-n2c4ccccc4c4ccc5ccccc5c42)cccc1n3-c1nc(-c2cccc3ccccc23)nc(-c2cccc3ccccc23)n1. The summed E-state index contributed by atoms with van der Waals surface area (Å²) in [6.45, 7) is 0. The summed E-state index contributed by atoms with van der Waals surface area (Å²) in [4.78, 5) is 16.2. The molecular weight excluding hydrogens is 731 g/mol. The summed E-state index contributed by atoms with van der Waals surface area (Å²) in [6, 6.07) is 71.6. The van der Waals surface area contributed by atoms with Crippen LogP contribution in [0.5, 0.6) is 0 Å². The lowest BCUT2D eigenvalue weighted by atomic mass is 10.0. The number of fused-ring (bicyclic) bond motifs is 11. The van der Waals surface area contributed by atoms with E-state index in [1.54, 1.807) is 0 Å². The van der Waals surface area contributed by atoms with E-state index in [-0.39, 0.29) is 0 Å². The van der Waals surface area contributed by atoms with Crippen molar-refractivity contribution < 1.29 is 0 Å². The van der Waals surface area contributed by atoms with E-state index in [2.05, 4.69) is 209 Å². The first-order chi connectivity index (χ1) is 29.8. The van der Waals surface area contributed by atoms with Crippen molar-refractivity contribution in [3.63, 3.8) is 0 Å². The Morgan fingerprint density at radius 2 is 0.817 bits per heavy atom. The van der Waals surface area contributed by atoms with Gasteiger partial charge in [-0.3, -0.25) is 4.57 Å². The van der Waals surface area contributed by atoms with E-state index in [1.165, 1.54) is 32.4 Å². The maximum atomic E-state index is 5.45. The summed E-state index contributed by atoms with van der Waals surface area (Å²) in [7, 11) is 0. The van der Waals surface area contributed by atoms with Gasteiger partial charge in [0.25, 0.3) is 0 Å². The third kappa shape index (κ3) is 4.77. The van der Waals surface area contributed by atoms with Gasteiger partial charge in [0, 0.05) is 38.1 Å². The first kappa shape index (κ1) is 32.9. The fourth-order valence-electron chi connectivity index (χ4n) is 9.66. The number of nitrogens with zero attached hydrogens (tertiary/aromatic N) is 5. The normalized spacial score (nSPS) is 12.0. The van der Waals surface area contributed by atoms with Crippen LogP contribution in [-0.2, 0) is 0 Å². The summed E-state index contributed by atoms with van der Waals surface area (Å²) >= 11 is 0. The Balaban J connectivity index is 1.19. The Kier molecular flexibility index (Phi) is 6.95. The van der Waals surface area contributed by atoms with Crippen LogP contribution in [-0.4, -0.2) is 24.1 Å². The number of rotatable bonds is 4. The van der Waals surface area contributed by atoms with Crippen LogP contribution >= 0.6 is 0 Å². The van der Waals surface area contributed by atoms with Crippen molar-refractivity contribution in [3.8, 4) is 34.4 Å². The van der Waals surface area contributed by atoms with Crippen LogP contribution in [0.4, 0.5) is 0 Å². The maximum absolute atomic E-state index is 5.45. The van der Waals surface area contributed by atoms with Gasteiger partial charge in [0.2, 0.25) is 5.95 Å². The molecule has 0 fully saturated rings. The van der Waals surface area contributed by atoms with Gasteiger partial charge in [-0.05, 0) is 68.0 Å². The molecule has 5 heteroatoms. The van der Waals surface area contributed by atoms with Gasteiger partial charge in [0.1, 0.15) is 0 Å². The largest absolute Gasteiger partial charge is 0.308 e. The topological polar surface area (TPSA) is 48.5 Å². The van der Waals surface area contributed by atoms with Gasteiger partial charge in [-0.15, -0.1) is 0 Å². The molecule has 0 radical (unpaired) electrons. The number of hydrogen-bond acceptors (Lipinski definition) is 3. The van der Waals surface area contributed by atoms with E-state index < -0.39 is 0 Å². The molecule has 0 bridgehead atoms. The first-order valence-corrected chi connectivity index (χ1v) is 20.4. The monoisotopic (exact) mass is 763 g/mol. The molecule has 0 spiro atoms. The van der Waals surface area contributed by atoms with Gasteiger partial charge in [-0.25, -0.2) is 4.98 Å². The van der Waals surface area contributed by atoms with Gasteiger partial charge in [0.05, 0.1) is 27.8 Å². The van der Waals surface area contributed by atoms with Crippen LogP contribution in [0.25, 0.3) is 121 Å². The van der Waals surface area contributed by atoms with Crippen molar-refractivity contribution in [3.05, 3.63) is 200 Å². The summed E-state index contributed by atoms with van der Waals surface area (Å²) in [6.07, 6.45) is 0.